The van der Waals surface area contributed by atoms with Crippen molar-refractivity contribution >= 4 is 11.9 Å². The highest BCUT2D eigenvalue weighted by Crippen LogP contribution is 2.40. The number of fused-ring (bicyclic) bond motifs is 1. The molecular formula is C20H27NO6. The monoisotopic (exact) mass is 377 g/mol. The van der Waals surface area contributed by atoms with Crippen LogP contribution in [0.4, 0.5) is 0 Å². The van der Waals surface area contributed by atoms with Crippen molar-refractivity contribution in [3.8, 4) is 0 Å². The Morgan fingerprint density at radius 2 is 2.04 bits per heavy atom. The van der Waals surface area contributed by atoms with Crippen molar-refractivity contribution in [2.45, 2.75) is 51.2 Å². The highest BCUT2D eigenvalue weighted by Gasteiger charge is 2.48. The maximum absolute atomic E-state index is 12.0. The van der Waals surface area contributed by atoms with E-state index in [-0.39, 0.29) is 30.1 Å². The number of carbonyl (C=O) groups is 2. The second-order valence-electron chi connectivity index (χ2n) is 7.16. The van der Waals surface area contributed by atoms with Gasteiger partial charge in [0.2, 0.25) is 5.91 Å². The molecule has 27 heavy (non-hydrogen) atoms. The standard InChI is InChI=1S/C20H27NO6/c1-3-25-16(23)10-14-9-15-11-26-20(13-7-5-4-6-8-13)27-19(15)18(24)17(14)21-12(2)22/h4-8,14-15,17-20,24H,3,9-11H2,1-2H3,(H,21,22)/t14-,15-,17+,18-,19-,20-/m1/s1. The van der Waals surface area contributed by atoms with Crippen LogP contribution in [0, 0.1) is 11.8 Å². The Bertz CT molecular complexity index is 651. The highest BCUT2D eigenvalue weighted by molar-refractivity contribution is 5.74. The van der Waals surface area contributed by atoms with Crippen molar-refractivity contribution < 1.29 is 28.9 Å². The van der Waals surface area contributed by atoms with E-state index in [0.29, 0.717) is 19.6 Å². The molecule has 1 aromatic carbocycles. The lowest BCUT2D eigenvalue weighted by atomic mass is 9.72. The van der Waals surface area contributed by atoms with Crippen molar-refractivity contribution in [1.82, 2.24) is 5.32 Å². The first-order valence-corrected chi connectivity index (χ1v) is 9.42. The first-order chi connectivity index (χ1) is 13.0. The third-order valence-electron chi connectivity index (χ3n) is 5.20. The summed E-state index contributed by atoms with van der Waals surface area (Å²) in [5.74, 6) is -0.865. The Morgan fingerprint density at radius 3 is 2.70 bits per heavy atom. The minimum atomic E-state index is -0.929. The molecule has 7 heteroatoms. The van der Waals surface area contributed by atoms with Gasteiger partial charge < -0.3 is 24.6 Å². The number of nitrogens with one attached hydrogen (secondary N) is 1. The van der Waals surface area contributed by atoms with Crippen LogP contribution in [0.2, 0.25) is 0 Å². The minimum Gasteiger partial charge on any atom is -0.466 e. The van der Waals surface area contributed by atoms with Gasteiger partial charge in [-0.15, -0.1) is 0 Å². The molecule has 0 radical (unpaired) electrons. The summed E-state index contributed by atoms with van der Waals surface area (Å²) in [5, 5.41) is 13.7. The normalized spacial score (nSPS) is 33.0. The second-order valence-corrected chi connectivity index (χ2v) is 7.16. The first kappa shape index (κ1) is 19.8. The molecule has 2 fully saturated rings. The SMILES string of the molecule is CCOC(=O)C[C@H]1C[C@@H]2CO[C@@H](c3ccccc3)O[C@H]2[C@H](O)[C@H]1NC(C)=O. The molecule has 148 valence electrons. The van der Waals surface area contributed by atoms with Crippen LogP contribution in [0.5, 0.6) is 0 Å². The third kappa shape index (κ3) is 4.66. The van der Waals surface area contributed by atoms with Gasteiger partial charge in [-0.25, -0.2) is 0 Å². The van der Waals surface area contributed by atoms with Crippen molar-refractivity contribution in [2.75, 3.05) is 13.2 Å². The molecule has 1 amide bonds. The Morgan fingerprint density at radius 1 is 1.30 bits per heavy atom. The molecule has 0 bridgehead atoms. The molecule has 0 unspecified atom stereocenters. The topological polar surface area (TPSA) is 94.1 Å². The van der Waals surface area contributed by atoms with E-state index in [1.54, 1.807) is 6.92 Å². The van der Waals surface area contributed by atoms with Crippen LogP contribution < -0.4 is 5.32 Å². The smallest absolute Gasteiger partial charge is 0.306 e. The number of hydrogen-bond donors (Lipinski definition) is 2. The Balaban J connectivity index is 1.75. The zero-order chi connectivity index (χ0) is 19.4. The van der Waals surface area contributed by atoms with Gasteiger partial charge in [0.1, 0.15) is 6.10 Å². The van der Waals surface area contributed by atoms with E-state index in [4.69, 9.17) is 14.2 Å². The predicted octanol–water partition coefficient (Wildman–Crippen LogP) is 1.56. The molecule has 6 atom stereocenters. The summed E-state index contributed by atoms with van der Waals surface area (Å²) in [5.41, 5.74) is 0.882. The van der Waals surface area contributed by atoms with Gasteiger partial charge in [-0.3, -0.25) is 9.59 Å². The molecule has 3 rings (SSSR count). The summed E-state index contributed by atoms with van der Waals surface area (Å²) in [6.07, 6.45) is -1.21. The Kier molecular flexibility index (Phi) is 6.46. The number of aliphatic hydroxyl groups excluding tert-OH is 1. The van der Waals surface area contributed by atoms with Crippen molar-refractivity contribution in [2.24, 2.45) is 11.8 Å². The molecule has 1 saturated heterocycles. The van der Waals surface area contributed by atoms with Gasteiger partial charge in [0.05, 0.1) is 31.8 Å². The molecular weight excluding hydrogens is 350 g/mol. The van der Waals surface area contributed by atoms with E-state index in [2.05, 4.69) is 5.32 Å². The summed E-state index contributed by atoms with van der Waals surface area (Å²) < 4.78 is 17.0. The summed E-state index contributed by atoms with van der Waals surface area (Å²) >= 11 is 0. The van der Waals surface area contributed by atoms with E-state index >= 15 is 0 Å². The molecule has 1 aliphatic heterocycles. The minimum absolute atomic E-state index is 0.0515. The van der Waals surface area contributed by atoms with Gasteiger partial charge in [0, 0.05) is 18.4 Å². The number of hydrogen-bond acceptors (Lipinski definition) is 6. The van der Waals surface area contributed by atoms with Crippen LogP contribution in [0.25, 0.3) is 0 Å². The van der Waals surface area contributed by atoms with Crippen LogP contribution in [-0.4, -0.2) is 48.4 Å². The van der Waals surface area contributed by atoms with Gasteiger partial charge in [-0.2, -0.15) is 0 Å². The summed E-state index contributed by atoms with van der Waals surface area (Å²) in [6.45, 7) is 3.88. The maximum atomic E-state index is 12.0. The fourth-order valence-corrected chi connectivity index (χ4v) is 4.05. The van der Waals surface area contributed by atoms with Gasteiger partial charge in [-0.1, -0.05) is 30.3 Å². The van der Waals surface area contributed by atoms with Crippen molar-refractivity contribution in [1.29, 1.82) is 0 Å². The molecule has 1 aliphatic carbocycles. The predicted molar refractivity (Wildman–Crippen MR) is 96.5 cm³/mol. The van der Waals surface area contributed by atoms with Gasteiger partial charge in [0.25, 0.3) is 0 Å². The van der Waals surface area contributed by atoms with Gasteiger partial charge in [0.15, 0.2) is 6.29 Å². The molecule has 0 aromatic heterocycles. The molecule has 2 N–H and O–H groups in total. The molecule has 2 aliphatic rings. The lowest BCUT2D eigenvalue weighted by Crippen LogP contribution is -2.61. The number of aliphatic hydroxyl groups is 1. The average molecular weight is 377 g/mol. The molecule has 1 heterocycles. The molecule has 1 saturated carbocycles. The van der Waals surface area contributed by atoms with E-state index in [1.807, 2.05) is 30.3 Å². The van der Waals surface area contributed by atoms with Crippen LogP contribution >= 0.6 is 0 Å². The number of esters is 1. The summed E-state index contributed by atoms with van der Waals surface area (Å²) in [7, 11) is 0. The number of amides is 1. The van der Waals surface area contributed by atoms with Crippen molar-refractivity contribution in [3.05, 3.63) is 35.9 Å². The number of carbonyl (C=O) groups excluding carboxylic acids is 2. The van der Waals surface area contributed by atoms with E-state index in [0.717, 1.165) is 5.56 Å². The Labute approximate surface area is 159 Å². The van der Waals surface area contributed by atoms with Gasteiger partial charge >= 0.3 is 5.97 Å². The van der Waals surface area contributed by atoms with E-state index in [9.17, 15) is 14.7 Å². The summed E-state index contributed by atoms with van der Waals surface area (Å²) in [6, 6.07) is 8.98. The fourth-order valence-electron chi connectivity index (χ4n) is 4.05. The quantitative estimate of drug-likeness (QED) is 0.757. The van der Waals surface area contributed by atoms with Crippen LogP contribution in [0.15, 0.2) is 30.3 Å². The van der Waals surface area contributed by atoms with Gasteiger partial charge in [-0.05, 0) is 19.3 Å². The maximum Gasteiger partial charge on any atom is 0.306 e. The van der Waals surface area contributed by atoms with E-state index in [1.165, 1.54) is 6.92 Å². The third-order valence-corrected chi connectivity index (χ3v) is 5.20. The van der Waals surface area contributed by atoms with Crippen LogP contribution in [0.3, 0.4) is 0 Å². The second kappa shape index (κ2) is 8.82. The average Bonchev–Trinajstić information content (AvgIpc) is 2.65. The van der Waals surface area contributed by atoms with E-state index < -0.39 is 24.5 Å². The molecule has 0 spiro atoms. The zero-order valence-corrected chi connectivity index (χ0v) is 15.7. The fraction of sp³-hybridized carbons (Fsp3) is 0.600. The molecule has 7 nitrogen and oxygen atoms in total. The first-order valence-electron chi connectivity index (χ1n) is 9.42. The molecule has 1 aromatic rings. The summed E-state index contributed by atoms with van der Waals surface area (Å²) in [4.78, 5) is 23.6. The van der Waals surface area contributed by atoms with Crippen LogP contribution in [-0.2, 0) is 23.8 Å². The lowest BCUT2D eigenvalue weighted by Gasteiger charge is -2.48. The van der Waals surface area contributed by atoms with Crippen LogP contribution in [0.1, 0.15) is 38.5 Å². The number of ether oxygens (including phenoxy) is 3. The highest BCUT2D eigenvalue weighted by atomic mass is 16.7. The zero-order valence-electron chi connectivity index (χ0n) is 15.7. The lowest BCUT2D eigenvalue weighted by molar-refractivity contribution is -0.277. The van der Waals surface area contributed by atoms with Crippen molar-refractivity contribution in [3.63, 3.8) is 0 Å². The Hall–Kier alpha value is -1.96. The number of rotatable bonds is 5. The number of benzene rings is 1. The largest absolute Gasteiger partial charge is 0.466 e.